The first-order valence-electron chi connectivity index (χ1n) is 7.27. The van der Waals surface area contributed by atoms with Crippen molar-refractivity contribution in [1.29, 1.82) is 0 Å². The molecule has 0 aliphatic heterocycles. The topological polar surface area (TPSA) is 60.5 Å². The number of hydrogen-bond donors (Lipinski definition) is 1. The summed E-state index contributed by atoms with van der Waals surface area (Å²) >= 11 is 0. The van der Waals surface area contributed by atoms with E-state index >= 15 is 0 Å². The Hall–Kier alpha value is -2.70. The van der Waals surface area contributed by atoms with Crippen molar-refractivity contribution in [1.82, 2.24) is 4.98 Å². The third-order valence-electron chi connectivity index (χ3n) is 2.73. The monoisotopic (exact) mass is 336 g/mol. The van der Waals surface area contributed by atoms with Gasteiger partial charge in [-0.15, -0.1) is 0 Å². The molecule has 1 aromatic carbocycles. The van der Waals surface area contributed by atoms with Gasteiger partial charge in [0.2, 0.25) is 0 Å². The summed E-state index contributed by atoms with van der Waals surface area (Å²) in [7, 11) is 0. The normalized spacial score (nSPS) is 11.0. The summed E-state index contributed by atoms with van der Waals surface area (Å²) in [4.78, 5) is 15.2. The van der Waals surface area contributed by atoms with Crippen LogP contribution >= 0.6 is 0 Å². The minimum Gasteiger partial charge on any atom is -0.484 e. The molecule has 0 unspecified atom stereocenters. The van der Waals surface area contributed by atoms with Gasteiger partial charge >= 0.3 is 6.09 Å². The maximum Gasteiger partial charge on any atom is 0.413 e. The standard InChI is InChI=1S/C17H18F2N2O3/c1-17(2,3)24-16(22)21-14-8-7-13(15(19)20-14)23-10-11-5-4-6-12(18)9-11/h4-9H,10H2,1-3H3,(H,20,21,22). The average Bonchev–Trinajstić information content (AvgIpc) is 2.44. The van der Waals surface area contributed by atoms with Crippen LogP contribution in [0, 0.1) is 11.8 Å². The molecule has 0 saturated heterocycles. The van der Waals surface area contributed by atoms with Gasteiger partial charge in [-0.05, 0) is 50.6 Å². The molecule has 1 N–H and O–H groups in total. The molecule has 0 saturated carbocycles. The molecule has 24 heavy (non-hydrogen) atoms. The molecule has 0 bridgehead atoms. The first kappa shape index (κ1) is 17.7. The molecule has 0 fully saturated rings. The Morgan fingerprint density at radius 1 is 1.21 bits per heavy atom. The van der Waals surface area contributed by atoms with E-state index in [2.05, 4.69) is 10.3 Å². The van der Waals surface area contributed by atoms with Gasteiger partial charge in [0.1, 0.15) is 23.8 Å². The van der Waals surface area contributed by atoms with Crippen molar-refractivity contribution in [3.63, 3.8) is 0 Å². The zero-order valence-electron chi connectivity index (χ0n) is 13.6. The second kappa shape index (κ2) is 7.25. The minimum absolute atomic E-state index is 0.000134. The van der Waals surface area contributed by atoms with E-state index in [1.807, 2.05) is 0 Å². The van der Waals surface area contributed by atoms with Crippen molar-refractivity contribution < 1.29 is 23.0 Å². The van der Waals surface area contributed by atoms with Gasteiger partial charge in [-0.1, -0.05) is 12.1 Å². The Bertz CT molecular complexity index is 730. The Kier molecular flexibility index (Phi) is 5.33. The summed E-state index contributed by atoms with van der Waals surface area (Å²) in [6.45, 7) is 5.13. The Morgan fingerprint density at radius 3 is 2.58 bits per heavy atom. The molecule has 7 heteroatoms. The number of pyridine rings is 1. The van der Waals surface area contributed by atoms with Gasteiger partial charge in [-0.25, -0.2) is 9.18 Å². The highest BCUT2D eigenvalue weighted by atomic mass is 19.1. The Morgan fingerprint density at radius 2 is 1.96 bits per heavy atom. The second-order valence-electron chi connectivity index (χ2n) is 6.03. The number of benzene rings is 1. The number of hydrogen-bond acceptors (Lipinski definition) is 4. The maximum atomic E-state index is 13.9. The molecule has 1 amide bonds. The van der Waals surface area contributed by atoms with Crippen LogP contribution in [0.4, 0.5) is 19.4 Å². The third-order valence-corrected chi connectivity index (χ3v) is 2.73. The van der Waals surface area contributed by atoms with Crippen molar-refractivity contribution >= 4 is 11.9 Å². The summed E-state index contributed by atoms with van der Waals surface area (Å²) < 4.78 is 37.3. The average molecular weight is 336 g/mol. The zero-order valence-corrected chi connectivity index (χ0v) is 13.6. The highest BCUT2D eigenvalue weighted by Gasteiger charge is 2.17. The smallest absolute Gasteiger partial charge is 0.413 e. The largest absolute Gasteiger partial charge is 0.484 e. The lowest BCUT2D eigenvalue weighted by Crippen LogP contribution is -2.27. The number of halogens is 2. The minimum atomic E-state index is -0.889. The quantitative estimate of drug-likeness (QED) is 0.846. The molecule has 2 aromatic rings. The molecule has 0 atom stereocenters. The van der Waals surface area contributed by atoms with E-state index in [1.54, 1.807) is 26.8 Å². The molecular formula is C17H18F2N2O3. The molecule has 0 spiro atoms. The molecule has 5 nitrogen and oxygen atoms in total. The van der Waals surface area contributed by atoms with Crippen molar-refractivity contribution in [2.45, 2.75) is 33.0 Å². The van der Waals surface area contributed by atoms with Gasteiger partial charge in [-0.3, -0.25) is 5.32 Å². The Balaban J connectivity index is 1.98. The SMILES string of the molecule is CC(C)(C)OC(=O)Nc1ccc(OCc2cccc(F)c2)c(F)n1. The van der Waals surface area contributed by atoms with Crippen molar-refractivity contribution in [2.24, 2.45) is 0 Å². The van der Waals surface area contributed by atoms with Crippen LogP contribution in [0.25, 0.3) is 0 Å². The highest BCUT2D eigenvalue weighted by molar-refractivity contribution is 5.83. The number of carbonyl (C=O) groups excluding carboxylic acids is 1. The third kappa shape index (κ3) is 5.49. The van der Waals surface area contributed by atoms with E-state index in [0.717, 1.165) is 0 Å². The number of anilines is 1. The predicted molar refractivity (Wildman–Crippen MR) is 84.8 cm³/mol. The predicted octanol–water partition coefficient (Wildman–Crippen LogP) is 4.29. The van der Waals surface area contributed by atoms with E-state index in [0.29, 0.717) is 5.56 Å². The van der Waals surface area contributed by atoms with Crippen molar-refractivity contribution in [2.75, 3.05) is 5.32 Å². The fourth-order valence-electron chi connectivity index (χ4n) is 1.79. The van der Waals surface area contributed by atoms with Crippen LogP contribution < -0.4 is 10.1 Å². The van der Waals surface area contributed by atoms with Gasteiger partial charge in [0.25, 0.3) is 5.95 Å². The fraction of sp³-hybridized carbons (Fsp3) is 0.294. The van der Waals surface area contributed by atoms with Crippen molar-refractivity contribution in [3.05, 3.63) is 53.7 Å². The zero-order chi connectivity index (χ0) is 17.7. The molecule has 128 valence electrons. The summed E-state index contributed by atoms with van der Waals surface area (Å²) in [5.41, 5.74) is -0.109. The molecule has 0 radical (unpaired) electrons. The number of rotatable bonds is 4. The summed E-state index contributed by atoms with van der Waals surface area (Å²) in [6, 6.07) is 8.51. The van der Waals surface area contributed by atoms with E-state index in [1.165, 1.54) is 30.3 Å². The first-order chi connectivity index (χ1) is 11.2. The fourth-order valence-corrected chi connectivity index (χ4v) is 1.79. The second-order valence-corrected chi connectivity index (χ2v) is 6.03. The number of ether oxygens (including phenoxy) is 2. The van der Waals surface area contributed by atoms with E-state index in [9.17, 15) is 13.6 Å². The molecule has 0 aliphatic rings. The van der Waals surface area contributed by atoms with Crippen LogP contribution in [0.1, 0.15) is 26.3 Å². The van der Waals surface area contributed by atoms with Crippen LogP contribution in [0.2, 0.25) is 0 Å². The van der Waals surface area contributed by atoms with Crippen LogP contribution in [0.15, 0.2) is 36.4 Å². The number of nitrogens with zero attached hydrogens (tertiary/aromatic N) is 1. The number of carbonyl (C=O) groups is 1. The number of amides is 1. The number of nitrogens with one attached hydrogen (secondary N) is 1. The highest BCUT2D eigenvalue weighted by Crippen LogP contribution is 2.19. The first-order valence-corrected chi connectivity index (χ1v) is 7.27. The van der Waals surface area contributed by atoms with Gasteiger partial charge in [0.15, 0.2) is 5.75 Å². The maximum absolute atomic E-state index is 13.9. The molecule has 0 aliphatic carbocycles. The van der Waals surface area contributed by atoms with E-state index < -0.39 is 23.5 Å². The van der Waals surface area contributed by atoms with Gasteiger partial charge in [0.05, 0.1) is 0 Å². The summed E-state index contributed by atoms with van der Waals surface area (Å²) in [5.74, 6) is -1.39. The molecular weight excluding hydrogens is 318 g/mol. The molecule has 2 rings (SSSR count). The lowest BCUT2D eigenvalue weighted by Gasteiger charge is -2.19. The number of aromatic nitrogens is 1. The van der Waals surface area contributed by atoms with E-state index in [4.69, 9.17) is 9.47 Å². The van der Waals surface area contributed by atoms with Crippen LogP contribution in [-0.2, 0) is 11.3 Å². The molecule has 1 heterocycles. The molecule has 1 aromatic heterocycles. The van der Waals surface area contributed by atoms with Crippen LogP contribution in [0.5, 0.6) is 5.75 Å². The lowest BCUT2D eigenvalue weighted by molar-refractivity contribution is 0.0635. The van der Waals surface area contributed by atoms with Gasteiger partial charge < -0.3 is 9.47 Å². The lowest BCUT2D eigenvalue weighted by atomic mass is 10.2. The van der Waals surface area contributed by atoms with Crippen LogP contribution in [0.3, 0.4) is 0 Å². The summed E-state index contributed by atoms with van der Waals surface area (Å²) in [5, 5.41) is 2.33. The summed E-state index contributed by atoms with van der Waals surface area (Å²) in [6.07, 6.45) is -0.733. The van der Waals surface area contributed by atoms with E-state index in [-0.39, 0.29) is 18.2 Å². The van der Waals surface area contributed by atoms with Crippen molar-refractivity contribution in [3.8, 4) is 5.75 Å². The van der Waals surface area contributed by atoms with Crippen LogP contribution in [-0.4, -0.2) is 16.7 Å². The Labute approximate surface area is 138 Å². The van der Waals surface area contributed by atoms with Gasteiger partial charge in [-0.2, -0.15) is 9.37 Å². The van der Waals surface area contributed by atoms with Gasteiger partial charge in [0, 0.05) is 0 Å².